The summed E-state index contributed by atoms with van der Waals surface area (Å²) in [5, 5.41) is 10.8. The van der Waals surface area contributed by atoms with Crippen molar-refractivity contribution in [1.29, 1.82) is 0 Å². The Balaban J connectivity index is 1.90. The van der Waals surface area contributed by atoms with Crippen LogP contribution >= 0.6 is 0 Å². The van der Waals surface area contributed by atoms with Crippen molar-refractivity contribution < 1.29 is 0 Å². The average Bonchev–Trinajstić information content (AvgIpc) is 2.86. The number of benzene rings is 2. The Kier molecular flexibility index (Phi) is 2.81. The molecule has 0 saturated heterocycles. The Morgan fingerprint density at radius 2 is 1.89 bits per heavy atom. The highest BCUT2D eigenvalue weighted by Crippen LogP contribution is 2.16. The van der Waals surface area contributed by atoms with E-state index in [1.54, 1.807) is 0 Å². The molecule has 2 aromatic carbocycles. The number of nitrogens with zero attached hydrogens (tertiary/aromatic N) is 3. The number of fused-ring (bicyclic) bond motifs is 1. The van der Waals surface area contributed by atoms with E-state index in [0.717, 1.165) is 18.7 Å². The fraction of sp³-hybridized carbons (Fsp3) is 0.200. The Morgan fingerprint density at radius 1 is 1.06 bits per heavy atom. The third-order valence-corrected chi connectivity index (χ3v) is 3.11. The fourth-order valence-corrected chi connectivity index (χ4v) is 2.10. The maximum atomic E-state index is 4.13. The molecule has 1 heterocycles. The molecule has 0 aliphatic carbocycles. The van der Waals surface area contributed by atoms with Crippen LogP contribution in [-0.2, 0) is 13.0 Å². The molecule has 1 aromatic heterocycles. The summed E-state index contributed by atoms with van der Waals surface area (Å²) in [6, 6.07) is 14.9. The molecule has 3 heteroatoms. The minimum Gasteiger partial charge on any atom is -0.248 e. The lowest BCUT2D eigenvalue weighted by Crippen LogP contribution is -2.00. The van der Waals surface area contributed by atoms with Crippen molar-refractivity contribution in [3.8, 4) is 0 Å². The first-order valence-electron chi connectivity index (χ1n) is 6.22. The molecule has 18 heavy (non-hydrogen) atoms. The Labute approximate surface area is 106 Å². The van der Waals surface area contributed by atoms with Gasteiger partial charge in [0, 0.05) is 6.20 Å². The second-order valence-electron chi connectivity index (χ2n) is 4.44. The molecule has 0 amide bonds. The zero-order valence-electron chi connectivity index (χ0n) is 10.4. The van der Waals surface area contributed by atoms with Crippen LogP contribution in [0.15, 0.2) is 48.7 Å². The minimum absolute atomic E-state index is 0.776. The van der Waals surface area contributed by atoms with Gasteiger partial charge in [-0.3, -0.25) is 0 Å². The highest BCUT2D eigenvalue weighted by atomic mass is 15.4. The molecule has 3 nitrogen and oxygen atoms in total. The third-order valence-electron chi connectivity index (χ3n) is 3.11. The molecule has 0 atom stereocenters. The number of hydrogen-bond donors (Lipinski definition) is 0. The largest absolute Gasteiger partial charge is 0.248 e. The summed E-state index contributed by atoms with van der Waals surface area (Å²) in [5.41, 5.74) is 2.29. The van der Waals surface area contributed by atoms with Crippen LogP contribution in [0.1, 0.15) is 18.2 Å². The molecular weight excluding hydrogens is 222 g/mol. The zero-order valence-corrected chi connectivity index (χ0v) is 10.4. The van der Waals surface area contributed by atoms with E-state index in [2.05, 4.69) is 59.7 Å². The lowest BCUT2D eigenvalue weighted by molar-refractivity contribution is 0.649. The van der Waals surface area contributed by atoms with Gasteiger partial charge < -0.3 is 0 Å². The predicted octanol–water partition coefficient (Wildman–Crippen LogP) is 3.04. The van der Waals surface area contributed by atoms with Crippen molar-refractivity contribution in [1.82, 2.24) is 15.0 Å². The molecule has 0 N–H and O–H groups in total. The van der Waals surface area contributed by atoms with E-state index in [1.165, 1.54) is 16.3 Å². The van der Waals surface area contributed by atoms with Crippen LogP contribution in [0.25, 0.3) is 10.8 Å². The van der Waals surface area contributed by atoms with Gasteiger partial charge in [0.15, 0.2) is 0 Å². The molecule has 0 radical (unpaired) electrons. The van der Waals surface area contributed by atoms with E-state index in [4.69, 9.17) is 0 Å². The molecule has 0 spiro atoms. The maximum absolute atomic E-state index is 4.13. The van der Waals surface area contributed by atoms with Gasteiger partial charge in [0.2, 0.25) is 0 Å². The van der Waals surface area contributed by atoms with Gasteiger partial charge in [0.25, 0.3) is 0 Å². The number of aromatic nitrogens is 3. The van der Waals surface area contributed by atoms with Crippen molar-refractivity contribution in [3.05, 3.63) is 59.9 Å². The van der Waals surface area contributed by atoms with E-state index < -0.39 is 0 Å². The summed E-state index contributed by atoms with van der Waals surface area (Å²) in [6.07, 6.45) is 2.94. The standard InChI is InChI=1S/C15H15N3/c1-2-15-11-18(17-16-15)10-12-7-8-13-5-3-4-6-14(13)9-12/h3-9,11H,2,10H2,1H3. The first kappa shape index (κ1) is 11.0. The fourth-order valence-electron chi connectivity index (χ4n) is 2.10. The lowest BCUT2D eigenvalue weighted by atomic mass is 10.1. The molecule has 3 aromatic rings. The maximum Gasteiger partial charge on any atom is 0.0824 e. The van der Waals surface area contributed by atoms with Gasteiger partial charge in [0.05, 0.1) is 12.2 Å². The summed E-state index contributed by atoms with van der Waals surface area (Å²) in [5.74, 6) is 0. The van der Waals surface area contributed by atoms with Gasteiger partial charge in [0.1, 0.15) is 0 Å². The van der Waals surface area contributed by atoms with Gasteiger partial charge in [-0.25, -0.2) is 4.68 Å². The van der Waals surface area contributed by atoms with Crippen molar-refractivity contribution in [3.63, 3.8) is 0 Å². The topological polar surface area (TPSA) is 30.7 Å². The van der Waals surface area contributed by atoms with Crippen molar-refractivity contribution in [2.75, 3.05) is 0 Å². The highest BCUT2D eigenvalue weighted by molar-refractivity contribution is 5.82. The molecule has 0 unspecified atom stereocenters. The van der Waals surface area contributed by atoms with Crippen LogP contribution in [-0.4, -0.2) is 15.0 Å². The summed E-state index contributed by atoms with van der Waals surface area (Å²) < 4.78 is 1.89. The van der Waals surface area contributed by atoms with E-state index in [1.807, 2.05) is 10.9 Å². The monoisotopic (exact) mass is 237 g/mol. The Morgan fingerprint density at radius 3 is 2.67 bits per heavy atom. The van der Waals surface area contributed by atoms with Crippen LogP contribution in [0.4, 0.5) is 0 Å². The van der Waals surface area contributed by atoms with Gasteiger partial charge >= 0.3 is 0 Å². The minimum atomic E-state index is 0.776. The number of aryl methyl sites for hydroxylation is 1. The zero-order chi connectivity index (χ0) is 12.4. The van der Waals surface area contributed by atoms with Gasteiger partial charge in [-0.15, -0.1) is 5.10 Å². The molecular formula is C15H15N3. The highest BCUT2D eigenvalue weighted by Gasteiger charge is 2.00. The lowest BCUT2D eigenvalue weighted by Gasteiger charge is -2.03. The van der Waals surface area contributed by atoms with Crippen LogP contribution in [0.3, 0.4) is 0 Å². The molecule has 0 saturated carbocycles. The van der Waals surface area contributed by atoms with Crippen molar-refractivity contribution in [2.45, 2.75) is 19.9 Å². The van der Waals surface area contributed by atoms with Crippen LogP contribution in [0, 0.1) is 0 Å². The second kappa shape index (κ2) is 4.61. The number of hydrogen-bond acceptors (Lipinski definition) is 2. The quantitative estimate of drug-likeness (QED) is 0.701. The van der Waals surface area contributed by atoms with Crippen LogP contribution in [0.2, 0.25) is 0 Å². The van der Waals surface area contributed by atoms with Gasteiger partial charge in [-0.05, 0) is 28.8 Å². The smallest absolute Gasteiger partial charge is 0.0824 e. The van der Waals surface area contributed by atoms with Crippen molar-refractivity contribution in [2.24, 2.45) is 0 Å². The Hall–Kier alpha value is -2.16. The average molecular weight is 237 g/mol. The SMILES string of the molecule is CCc1cn(Cc2ccc3ccccc3c2)nn1. The van der Waals surface area contributed by atoms with E-state index >= 15 is 0 Å². The summed E-state index contributed by atoms with van der Waals surface area (Å²) in [7, 11) is 0. The summed E-state index contributed by atoms with van der Waals surface area (Å²) >= 11 is 0. The Bertz CT molecular complexity index is 670. The summed E-state index contributed by atoms with van der Waals surface area (Å²) in [6.45, 7) is 2.86. The molecule has 0 aliphatic heterocycles. The predicted molar refractivity (Wildman–Crippen MR) is 72.5 cm³/mol. The summed E-state index contributed by atoms with van der Waals surface area (Å²) in [4.78, 5) is 0. The van der Waals surface area contributed by atoms with E-state index in [9.17, 15) is 0 Å². The van der Waals surface area contributed by atoms with Gasteiger partial charge in [-0.2, -0.15) is 0 Å². The van der Waals surface area contributed by atoms with E-state index in [0.29, 0.717) is 0 Å². The third kappa shape index (κ3) is 2.12. The van der Waals surface area contributed by atoms with Crippen LogP contribution in [0.5, 0.6) is 0 Å². The van der Waals surface area contributed by atoms with Crippen LogP contribution < -0.4 is 0 Å². The molecule has 0 fully saturated rings. The first-order chi connectivity index (χ1) is 8.85. The molecule has 0 bridgehead atoms. The second-order valence-corrected chi connectivity index (χ2v) is 4.44. The molecule has 90 valence electrons. The van der Waals surface area contributed by atoms with Crippen molar-refractivity contribution >= 4 is 10.8 Å². The molecule has 3 rings (SSSR count). The van der Waals surface area contributed by atoms with Gasteiger partial charge in [-0.1, -0.05) is 48.5 Å². The first-order valence-corrected chi connectivity index (χ1v) is 6.22. The van der Waals surface area contributed by atoms with E-state index in [-0.39, 0.29) is 0 Å². The normalized spacial score (nSPS) is 10.9. The number of rotatable bonds is 3. The molecule has 0 aliphatic rings.